The van der Waals surface area contributed by atoms with Crippen LogP contribution in [0.4, 0.5) is 11.4 Å². The number of nitrogens with one attached hydrogen (secondary N) is 1. The zero-order chi connectivity index (χ0) is 14.7. The second kappa shape index (κ2) is 6.52. The second-order valence-corrected chi connectivity index (χ2v) is 7.11. The minimum atomic E-state index is 0.388. The summed E-state index contributed by atoms with van der Waals surface area (Å²) in [5.41, 5.74) is 2.58. The molecule has 112 valence electrons. The first-order valence-corrected chi connectivity index (χ1v) is 8.77. The molecule has 1 aliphatic heterocycles. The van der Waals surface area contributed by atoms with Crippen LogP contribution in [0.2, 0.25) is 0 Å². The van der Waals surface area contributed by atoms with Gasteiger partial charge in [-0.05, 0) is 48.4 Å². The molecule has 1 atom stereocenters. The van der Waals surface area contributed by atoms with Crippen molar-refractivity contribution in [3.8, 4) is 0 Å². The van der Waals surface area contributed by atoms with Crippen molar-refractivity contribution in [2.75, 3.05) is 23.3 Å². The Labute approximate surface area is 131 Å². The van der Waals surface area contributed by atoms with E-state index in [-0.39, 0.29) is 0 Å². The summed E-state index contributed by atoms with van der Waals surface area (Å²) in [6.07, 6.45) is 2.64. The third-order valence-electron chi connectivity index (χ3n) is 4.16. The standard InChI is InChI=1S/C18H24N2S/c1-14(2)18(17-9-6-12-21-17)19-15-7-5-8-16(13-15)20-10-3-4-11-20/h5-9,12-14,18-19H,3-4,10-11H2,1-2H3. The van der Waals surface area contributed by atoms with Crippen LogP contribution >= 0.6 is 11.3 Å². The molecule has 1 fully saturated rings. The van der Waals surface area contributed by atoms with Crippen LogP contribution in [0.1, 0.15) is 37.6 Å². The predicted octanol–water partition coefficient (Wildman–Crippen LogP) is 5.16. The van der Waals surface area contributed by atoms with E-state index in [4.69, 9.17) is 0 Å². The van der Waals surface area contributed by atoms with Gasteiger partial charge in [-0.2, -0.15) is 0 Å². The van der Waals surface area contributed by atoms with E-state index in [0.717, 1.165) is 0 Å². The molecule has 21 heavy (non-hydrogen) atoms. The molecule has 2 aromatic rings. The van der Waals surface area contributed by atoms with Gasteiger partial charge in [-0.1, -0.05) is 26.0 Å². The van der Waals surface area contributed by atoms with Gasteiger partial charge in [-0.3, -0.25) is 0 Å². The lowest BCUT2D eigenvalue weighted by molar-refractivity contribution is 0.554. The molecular weight excluding hydrogens is 276 g/mol. The van der Waals surface area contributed by atoms with Crippen molar-refractivity contribution in [1.82, 2.24) is 0 Å². The quantitative estimate of drug-likeness (QED) is 0.820. The zero-order valence-corrected chi connectivity index (χ0v) is 13.7. The molecule has 1 aromatic carbocycles. The summed E-state index contributed by atoms with van der Waals surface area (Å²) in [4.78, 5) is 3.90. The molecule has 1 saturated heterocycles. The Balaban J connectivity index is 1.78. The summed E-state index contributed by atoms with van der Waals surface area (Å²) in [7, 11) is 0. The van der Waals surface area contributed by atoms with Crippen LogP contribution in [0.5, 0.6) is 0 Å². The molecule has 0 aliphatic carbocycles. The lowest BCUT2D eigenvalue weighted by Gasteiger charge is -2.24. The van der Waals surface area contributed by atoms with Gasteiger partial charge >= 0.3 is 0 Å². The van der Waals surface area contributed by atoms with Crippen molar-refractivity contribution in [3.05, 3.63) is 46.7 Å². The van der Waals surface area contributed by atoms with E-state index >= 15 is 0 Å². The molecule has 0 amide bonds. The highest BCUT2D eigenvalue weighted by atomic mass is 32.1. The van der Waals surface area contributed by atoms with Crippen LogP contribution in [0, 0.1) is 5.92 Å². The molecule has 1 N–H and O–H groups in total. The molecule has 2 heterocycles. The fourth-order valence-corrected chi connectivity index (χ4v) is 3.93. The van der Waals surface area contributed by atoms with Crippen LogP contribution in [0.25, 0.3) is 0 Å². The lowest BCUT2D eigenvalue weighted by Crippen LogP contribution is -2.19. The topological polar surface area (TPSA) is 15.3 Å². The van der Waals surface area contributed by atoms with E-state index < -0.39 is 0 Å². The number of benzene rings is 1. The highest BCUT2D eigenvalue weighted by Crippen LogP contribution is 2.31. The van der Waals surface area contributed by atoms with Crippen molar-refractivity contribution in [2.24, 2.45) is 5.92 Å². The molecule has 0 spiro atoms. The smallest absolute Gasteiger partial charge is 0.0629 e. The maximum absolute atomic E-state index is 3.73. The molecule has 2 nitrogen and oxygen atoms in total. The maximum atomic E-state index is 3.73. The van der Waals surface area contributed by atoms with Crippen LogP contribution in [-0.4, -0.2) is 13.1 Å². The predicted molar refractivity (Wildman–Crippen MR) is 93.4 cm³/mol. The number of thiophene rings is 1. The van der Waals surface area contributed by atoms with Crippen LogP contribution in [0.3, 0.4) is 0 Å². The second-order valence-electron chi connectivity index (χ2n) is 6.13. The van der Waals surface area contributed by atoms with Crippen LogP contribution < -0.4 is 10.2 Å². The van der Waals surface area contributed by atoms with Crippen LogP contribution in [-0.2, 0) is 0 Å². The third-order valence-corrected chi connectivity index (χ3v) is 5.11. The monoisotopic (exact) mass is 300 g/mol. The van der Waals surface area contributed by atoms with Gasteiger partial charge in [-0.25, -0.2) is 0 Å². The van der Waals surface area contributed by atoms with E-state index in [0.29, 0.717) is 12.0 Å². The van der Waals surface area contributed by atoms with E-state index in [1.165, 1.54) is 42.2 Å². The average molecular weight is 300 g/mol. The molecule has 1 aromatic heterocycles. The maximum Gasteiger partial charge on any atom is 0.0629 e. The van der Waals surface area contributed by atoms with Gasteiger partial charge in [0.15, 0.2) is 0 Å². The third kappa shape index (κ3) is 3.41. The summed E-state index contributed by atoms with van der Waals surface area (Å²) in [5.74, 6) is 0.569. The Morgan fingerprint density at radius 3 is 2.57 bits per heavy atom. The first-order valence-electron chi connectivity index (χ1n) is 7.89. The Morgan fingerprint density at radius 2 is 1.90 bits per heavy atom. The Kier molecular flexibility index (Phi) is 4.49. The van der Waals surface area contributed by atoms with Crippen molar-refractivity contribution < 1.29 is 0 Å². The van der Waals surface area contributed by atoms with Crippen molar-refractivity contribution in [1.29, 1.82) is 0 Å². The molecule has 3 rings (SSSR count). The van der Waals surface area contributed by atoms with Crippen molar-refractivity contribution in [2.45, 2.75) is 32.7 Å². The van der Waals surface area contributed by atoms with Gasteiger partial charge in [0.05, 0.1) is 6.04 Å². The molecule has 0 bridgehead atoms. The fraction of sp³-hybridized carbons (Fsp3) is 0.444. The van der Waals surface area contributed by atoms with Crippen molar-refractivity contribution >= 4 is 22.7 Å². The van der Waals surface area contributed by atoms with Gasteiger partial charge in [-0.15, -0.1) is 11.3 Å². The molecule has 1 unspecified atom stereocenters. The minimum absolute atomic E-state index is 0.388. The van der Waals surface area contributed by atoms with Gasteiger partial charge in [0.2, 0.25) is 0 Å². The number of rotatable bonds is 5. The summed E-state index contributed by atoms with van der Waals surface area (Å²) >= 11 is 1.84. The first kappa shape index (κ1) is 14.5. The Hall–Kier alpha value is -1.48. The highest BCUT2D eigenvalue weighted by Gasteiger charge is 2.17. The number of nitrogens with zero attached hydrogens (tertiary/aromatic N) is 1. The van der Waals surface area contributed by atoms with E-state index in [1.807, 2.05) is 11.3 Å². The van der Waals surface area contributed by atoms with Gasteiger partial charge in [0.1, 0.15) is 0 Å². The summed E-state index contributed by atoms with van der Waals surface area (Å²) in [5, 5.41) is 5.89. The largest absolute Gasteiger partial charge is 0.377 e. The van der Waals surface area contributed by atoms with Crippen LogP contribution in [0.15, 0.2) is 41.8 Å². The zero-order valence-electron chi connectivity index (χ0n) is 12.9. The fourth-order valence-electron chi connectivity index (χ4n) is 2.98. The average Bonchev–Trinajstić information content (AvgIpc) is 3.18. The molecular formula is C18H24N2S. The number of anilines is 2. The molecule has 0 radical (unpaired) electrons. The van der Waals surface area contributed by atoms with E-state index in [1.54, 1.807) is 0 Å². The first-order chi connectivity index (χ1) is 10.2. The van der Waals surface area contributed by atoms with Gasteiger partial charge in [0.25, 0.3) is 0 Å². The summed E-state index contributed by atoms with van der Waals surface area (Å²) in [6, 6.07) is 13.6. The van der Waals surface area contributed by atoms with E-state index in [9.17, 15) is 0 Å². The normalized spacial score (nSPS) is 16.4. The van der Waals surface area contributed by atoms with E-state index in [2.05, 4.69) is 65.8 Å². The van der Waals surface area contributed by atoms with Gasteiger partial charge < -0.3 is 10.2 Å². The SMILES string of the molecule is CC(C)C(Nc1cccc(N2CCCC2)c1)c1cccs1. The lowest BCUT2D eigenvalue weighted by atomic mass is 10.0. The van der Waals surface area contributed by atoms with Crippen molar-refractivity contribution in [3.63, 3.8) is 0 Å². The summed E-state index contributed by atoms with van der Waals surface area (Å²) < 4.78 is 0. The molecule has 3 heteroatoms. The minimum Gasteiger partial charge on any atom is -0.377 e. The Bertz CT molecular complexity index is 556. The molecule has 1 aliphatic rings. The summed E-state index contributed by atoms with van der Waals surface area (Å²) in [6.45, 7) is 6.95. The molecule has 0 saturated carbocycles. The van der Waals surface area contributed by atoms with Gasteiger partial charge in [0, 0.05) is 29.3 Å². The Morgan fingerprint density at radius 1 is 1.10 bits per heavy atom. The number of hydrogen-bond acceptors (Lipinski definition) is 3. The number of hydrogen-bond donors (Lipinski definition) is 1. The highest BCUT2D eigenvalue weighted by molar-refractivity contribution is 7.10.